The molecule has 0 unspecified atom stereocenters. The summed E-state index contributed by atoms with van der Waals surface area (Å²) in [6.07, 6.45) is 0.422. The number of amides is 2. The Morgan fingerprint density at radius 1 is 1.45 bits per heavy atom. The molecular weight excluding hydrogens is 283 g/mol. The van der Waals surface area contributed by atoms with Crippen molar-refractivity contribution in [3.8, 4) is 0 Å². The molecular formula is C14H20ClFN2O2. The molecule has 0 spiro atoms. The zero-order chi connectivity index (χ0) is 15.7. The Hall–Kier alpha value is -1.62. The number of aryl methyl sites for hydroxylation is 1. The summed E-state index contributed by atoms with van der Waals surface area (Å²) in [4.78, 5) is 22.7. The van der Waals surface area contributed by atoms with Gasteiger partial charge in [-0.3, -0.25) is 14.9 Å². The minimum Gasteiger partial charge on any atom is -0.372 e. The Labute approximate surface area is 123 Å². The largest absolute Gasteiger partial charge is 0.372 e. The van der Waals surface area contributed by atoms with Gasteiger partial charge in [0.15, 0.2) is 5.82 Å². The Balaban J connectivity index is 0.00000172. The van der Waals surface area contributed by atoms with Gasteiger partial charge in [-0.15, -0.1) is 0 Å². The van der Waals surface area contributed by atoms with E-state index in [1.165, 1.54) is 0 Å². The molecule has 0 aliphatic rings. The van der Waals surface area contributed by atoms with Crippen LogP contribution in [-0.2, 0) is 9.59 Å². The summed E-state index contributed by atoms with van der Waals surface area (Å²) in [6, 6.07) is 3.32. The average Bonchev–Trinajstić information content (AvgIpc) is 2.45. The molecule has 0 fully saturated rings. The van der Waals surface area contributed by atoms with Crippen LogP contribution in [0.25, 0.3) is 0 Å². The molecule has 20 heavy (non-hydrogen) atoms. The third-order valence-corrected chi connectivity index (χ3v) is 3.02. The average molecular weight is 303 g/mol. The highest BCUT2D eigenvalue weighted by atomic mass is 35.5. The van der Waals surface area contributed by atoms with Crippen LogP contribution in [0.5, 0.6) is 0 Å². The van der Waals surface area contributed by atoms with Gasteiger partial charge in [0, 0.05) is 20.0 Å². The number of nitrogens with zero attached hydrogens (tertiary/aromatic N) is 1. The molecule has 1 rings (SSSR count). The molecule has 2 amide bonds. The number of benzene rings is 1. The van der Waals surface area contributed by atoms with E-state index in [9.17, 15) is 14.0 Å². The number of hydrogen-bond donors (Lipinski definition) is 1. The quantitative estimate of drug-likeness (QED) is 0.851. The molecule has 1 aromatic carbocycles. The van der Waals surface area contributed by atoms with Gasteiger partial charge in [-0.1, -0.05) is 31.5 Å². The maximum atomic E-state index is 13.9. The topological polar surface area (TPSA) is 49.4 Å². The fourth-order valence-electron chi connectivity index (χ4n) is 1.46. The van der Waals surface area contributed by atoms with E-state index >= 15 is 0 Å². The molecule has 4 nitrogen and oxygen atoms in total. The Morgan fingerprint density at radius 2 is 2.05 bits per heavy atom. The summed E-state index contributed by atoms with van der Waals surface area (Å²) in [5, 5.41) is 2.10. The third kappa shape index (κ3) is 5.17. The van der Waals surface area contributed by atoms with E-state index in [0.717, 1.165) is 0 Å². The summed E-state index contributed by atoms with van der Waals surface area (Å²) < 4.78 is 13.9. The predicted octanol–water partition coefficient (Wildman–Crippen LogP) is 2.91. The van der Waals surface area contributed by atoms with Crippen molar-refractivity contribution in [3.05, 3.63) is 28.5 Å². The number of hydrogen-bond acceptors (Lipinski definition) is 3. The van der Waals surface area contributed by atoms with Gasteiger partial charge in [0.1, 0.15) is 0 Å². The Bertz CT molecular complexity index is 467. The molecule has 0 aliphatic heterocycles. The summed E-state index contributed by atoms with van der Waals surface area (Å²) in [5.74, 6) is -0.912. The highest BCUT2D eigenvalue weighted by molar-refractivity contribution is 6.31. The van der Waals surface area contributed by atoms with Crippen molar-refractivity contribution in [2.24, 2.45) is 0 Å². The zero-order valence-corrected chi connectivity index (χ0v) is 12.9. The van der Waals surface area contributed by atoms with Gasteiger partial charge in [-0.05, 0) is 18.6 Å². The van der Waals surface area contributed by atoms with Crippen molar-refractivity contribution in [1.82, 2.24) is 5.32 Å². The molecule has 6 heteroatoms. The first-order valence-electron chi connectivity index (χ1n) is 6.36. The minimum atomic E-state index is -0.505. The summed E-state index contributed by atoms with van der Waals surface area (Å²) in [5.41, 5.74) is 0.981. The van der Waals surface area contributed by atoms with Crippen LogP contribution in [0.1, 0.15) is 25.8 Å². The number of carbonyl (C=O) groups excluding carboxylic acids is 2. The predicted molar refractivity (Wildman–Crippen MR) is 79.6 cm³/mol. The summed E-state index contributed by atoms with van der Waals surface area (Å²) in [7, 11) is 1.65. The standard InChI is InChI=1S/C12H14ClFN2O2.C2H6/c1-8-3-4-9(12(14)11(8)13)16(2)6-5-10(18)15-7-17;1-2/h3-4,7H,5-6H2,1-2H3,(H,15,17,18);1-2H3. The number of anilines is 1. The normalized spacial score (nSPS) is 9.30. The summed E-state index contributed by atoms with van der Waals surface area (Å²) in [6.45, 7) is 6.00. The molecule has 0 heterocycles. The molecule has 0 saturated carbocycles. The van der Waals surface area contributed by atoms with E-state index in [2.05, 4.69) is 0 Å². The molecule has 0 radical (unpaired) electrons. The number of carbonyl (C=O) groups is 2. The number of halogens is 2. The van der Waals surface area contributed by atoms with Crippen LogP contribution >= 0.6 is 11.6 Å². The molecule has 0 aromatic heterocycles. The Kier molecular flexibility index (Phi) is 8.56. The molecule has 0 saturated heterocycles. The van der Waals surface area contributed by atoms with Gasteiger partial charge in [0.05, 0.1) is 10.7 Å². The van der Waals surface area contributed by atoms with Crippen molar-refractivity contribution in [2.75, 3.05) is 18.5 Å². The number of imide groups is 1. The zero-order valence-electron chi connectivity index (χ0n) is 12.2. The molecule has 1 aromatic rings. The fraction of sp³-hybridized carbons (Fsp3) is 0.429. The van der Waals surface area contributed by atoms with Crippen LogP contribution in [0.3, 0.4) is 0 Å². The summed E-state index contributed by atoms with van der Waals surface area (Å²) >= 11 is 5.81. The molecule has 112 valence electrons. The fourth-order valence-corrected chi connectivity index (χ4v) is 1.62. The molecule has 0 atom stereocenters. The molecule has 0 bridgehead atoms. The lowest BCUT2D eigenvalue weighted by atomic mass is 10.2. The first kappa shape index (κ1) is 18.4. The van der Waals surface area contributed by atoms with Crippen molar-refractivity contribution in [3.63, 3.8) is 0 Å². The smallest absolute Gasteiger partial charge is 0.228 e. The van der Waals surface area contributed by atoms with Crippen LogP contribution in [-0.4, -0.2) is 25.9 Å². The maximum Gasteiger partial charge on any atom is 0.228 e. The minimum absolute atomic E-state index is 0.0803. The highest BCUT2D eigenvalue weighted by Gasteiger charge is 2.13. The van der Waals surface area contributed by atoms with Crippen LogP contribution < -0.4 is 10.2 Å². The van der Waals surface area contributed by atoms with E-state index < -0.39 is 11.7 Å². The van der Waals surface area contributed by atoms with E-state index in [1.54, 1.807) is 31.0 Å². The molecule has 1 N–H and O–H groups in total. The number of nitrogens with one attached hydrogen (secondary N) is 1. The van der Waals surface area contributed by atoms with Crippen LogP contribution in [0.15, 0.2) is 12.1 Å². The van der Waals surface area contributed by atoms with E-state index in [0.29, 0.717) is 17.7 Å². The molecule has 0 aliphatic carbocycles. The van der Waals surface area contributed by atoms with Gasteiger partial charge in [-0.25, -0.2) is 4.39 Å². The van der Waals surface area contributed by atoms with Gasteiger partial charge < -0.3 is 4.90 Å². The van der Waals surface area contributed by atoms with Crippen molar-refractivity contribution in [2.45, 2.75) is 27.2 Å². The van der Waals surface area contributed by atoms with Gasteiger partial charge >= 0.3 is 0 Å². The third-order valence-electron chi connectivity index (χ3n) is 2.56. The Morgan fingerprint density at radius 3 is 2.60 bits per heavy atom. The second-order valence-electron chi connectivity index (χ2n) is 3.89. The van der Waals surface area contributed by atoms with Gasteiger partial charge in [0.25, 0.3) is 0 Å². The van der Waals surface area contributed by atoms with Crippen LogP contribution in [0.4, 0.5) is 10.1 Å². The lowest BCUT2D eigenvalue weighted by Crippen LogP contribution is -2.28. The van der Waals surface area contributed by atoms with Gasteiger partial charge in [0.2, 0.25) is 12.3 Å². The first-order chi connectivity index (χ1) is 9.47. The van der Waals surface area contributed by atoms with Crippen molar-refractivity contribution >= 4 is 29.6 Å². The van der Waals surface area contributed by atoms with Crippen LogP contribution in [0, 0.1) is 12.7 Å². The van der Waals surface area contributed by atoms with E-state index in [-0.39, 0.29) is 18.0 Å². The van der Waals surface area contributed by atoms with E-state index in [4.69, 9.17) is 11.6 Å². The SMILES string of the molecule is CC.Cc1ccc(N(C)CCC(=O)NC=O)c(F)c1Cl. The van der Waals surface area contributed by atoms with Crippen LogP contribution in [0.2, 0.25) is 5.02 Å². The van der Waals surface area contributed by atoms with Crippen molar-refractivity contribution < 1.29 is 14.0 Å². The van der Waals surface area contributed by atoms with E-state index in [1.807, 2.05) is 19.2 Å². The number of rotatable bonds is 5. The lowest BCUT2D eigenvalue weighted by Gasteiger charge is -2.20. The van der Waals surface area contributed by atoms with Gasteiger partial charge in [-0.2, -0.15) is 0 Å². The second kappa shape index (κ2) is 9.31. The monoisotopic (exact) mass is 302 g/mol. The maximum absolute atomic E-state index is 13.9. The first-order valence-corrected chi connectivity index (χ1v) is 6.74. The van der Waals surface area contributed by atoms with Crippen molar-refractivity contribution in [1.29, 1.82) is 0 Å². The highest BCUT2D eigenvalue weighted by Crippen LogP contribution is 2.27. The lowest BCUT2D eigenvalue weighted by molar-refractivity contribution is -0.125. The second-order valence-corrected chi connectivity index (χ2v) is 4.26.